The van der Waals surface area contributed by atoms with Crippen LogP contribution < -0.4 is 0 Å². The zero-order valence-corrected chi connectivity index (χ0v) is 15.1. The molecular formula is C20H22N4O2. The molecular weight excluding hydrogens is 328 g/mol. The van der Waals surface area contributed by atoms with E-state index in [0.29, 0.717) is 17.8 Å². The predicted molar refractivity (Wildman–Crippen MR) is 98.5 cm³/mol. The number of aromatic nitrogens is 3. The lowest BCUT2D eigenvalue weighted by atomic mass is 10.0. The topological polar surface area (TPSA) is 64.3 Å². The minimum Gasteiger partial charge on any atom is -0.379 e. The molecule has 0 saturated carbocycles. The van der Waals surface area contributed by atoms with Crippen molar-refractivity contribution in [2.75, 3.05) is 26.3 Å². The van der Waals surface area contributed by atoms with Crippen LogP contribution in [0.4, 0.5) is 0 Å². The van der Waals surface area contributed by atoms with Crippen molar-refractivity contribution in [3.63, 3.8) is 0 Å². The Bertz CT molecular complexity index is 870. The molecule has 1 aliphatic heterocycles. The first-order valence-electron chi connectivity index (χ1n) is 8.89. The highest BCUT2D eigenvalue weighted by Gasteiger charge is 2.18. The molecule has 0 bridgehead atoms. The molecule has 3 aromatic rings. The van der Waals surface area contributed by atoms with Gasteiger partial charge in [-0.2, -0.15) is 4.98 Å². The second kappa shape index (κ2) is 7.35. The van der Waals surface area contributed by atoms with Crippen LogP contribution in [0, 0.1) is 6.92 Å². The molecule has 0 amide bonds. The average molecular weight is 350 g/mol. The fourth-order valence-corrected chi connectivity index (χ4v) is 3.24. The molecule has 1 aromatic carbocycles. The van der Waals surface area contributed by atoms with E-state index >= 15 is 0 Å². The van der Waals surface area contributed by atoms with Gasteiger partial charge < -0.3 is 9.26 Å². The predicted octanol–water partition coefficient (Wildman–Crippen LogP) is 3.50. The van der Waals surface area contributed by atoms with Gasteiger partial charge in [-0.15, -0.1) is 0 Å². The van der Waals surface area contributed by atoms with Gasteiger partial charge in [0.2, 0.25) is 0 Å². The average Bonchev–Trinajstić information content (AvgIpc) is 3.15. The lowest BCUT2D eigenvalue weighted by molar-refractivity contribution is 0.0198. The van der Waals surface area contributed by atoms with Crippen molar-refractivity contribution < 1.29 is 9.26 Å². The molecule has 4 rings (SSSR count). The quantitative estimate of drug-likeness (QED) is 0.717. The molecule has 1 aliphatic rings. The minimum absolute atomic E-state index is 0.383. The summed E-state index contributed by atoms with van der Waals surface area (Å²) in [6.07, 6.45) is 1.77. The van der Waals surface area contributed by atoms with E-state index in [-0.39, 0.29) is 0 Å². The molecule has 0 N–H and O–H groups in total. The smallest absolute Gasteiger partial charge is 0.258 e. The van der Waals surface area contributed by atoms with Crippen molar-refractivity contribution in [1.82, 2.24) is 20.0 Å². The summed E-state index contributed by atoms with van der Waals surface area (Å²) in [5.41, 5.74) is 4.14. The highest BCUT2D eigenvalue weighted by atomic mass is 16.5. The van der Waals surface area contributed by atoms with Crippen LogP contribution in [0.2, 0.25) is 0 Å². The van der Waals surface area contributed by atoms with Crippen LogP contribution in [0.25, 0.3) is 22.7 Å². The third-order valence-electron chi connectivity index (χ3n) is 4.82. The molecule has 0 spiro atoms. The van der Waals surface area contributed by atoms with Crippen molar-refractivity contribution in [3.05, 3.63) is 54.0 Å². The number of rotatable bonds is 4. The molecule has 1 saturated heterocycles. The summed E-state index contributed by atoms with van der Waals surface area (Å²) in [7, 11) is 0. The summed E-state index contributed by atoms with van der Waals surface area (Å²) in [5, 5.41) is 3.85. The lowest BCUT2D eigenvalue weighted by Crippen LogP contribution is -2.37. The number of morpholine rings is 1. The molecule has 1 atom stereocenters. The van der Waals surface area contributed by atoms with Gasteiger partial charge in [-0.05, 0) is 31.5 Å². The van der Waals surface area contributed by atoms with Crippen molar-refractivity contribution in [2.24, 2.45) is 0 Å². The van der Waals surface area contributed by atoms with E-state index in [1.165, 1.54) is 5.56 Å². The summed E-state index contributed by atoms with van der Waals surface area (Å²) in [4.78, 5) is 11.2. The molecule has 1 fully saturated rings. The number of hydrogen-bond acceptors (Lipinski definition) is 6. The zero-order valence-electron chi connectivity index (χ0n) is 15.1. The van der Waals surface area contributed by atoms with E-state index in [1.54, 1.807) is 6.20 Å². The van der Waals surface area contributed by atoms with Crippen LogP contribution >= 0.6 is 0 Å². The Morgan fingerprint density at radius 2 is 1.81 bits per heavy atom. The maximum absolute atomic E-state index is 5.44. The highest BCUT2D eigenvalue weighted by Crippen LogP contribution is 2.26. The molecule has 1 unspecified atom stereocenters. The van der Waals surface area contributed by atoms with Crippen LogP contribution in [-0.4, -0.2) is 46.3 Å². The van der Waals surface area contributed by atoms with Crippen LogP contribution in [0.15, 0.2) is 47.1 Å². The van der Waals surface area contributed by atoms with Crippen molar-refractivity contribution >= 4 is 0 Å². The number of nitrogens with zero attached hydrogens (tertiary/aromatic N) is 4. The largest absolute Gasteiger partial charge is 0.379 e. The SMILES string of the molecule is Cc1noc(-c2ccnc(-c3ccc(C(C)N4CCOCC4)cc3)c2)n1. The van der Waals surface area contributed by atoms with E-state index in [9.17, 15) is 0 Å². The van der Waals surface area contributed by atoms with Crippen LogP contribution in [0.1, 0.15) is 24.4 Å². The Hall–Kier alpha value is -2.57. The normalized spacial score (nSPS) is 16.5. The summed E-state index contributed by atoms with van der Waals surface area (Å²) >= 11 is 0. The van der Waals surface area contributed by atoms with Crippen LogP contribution in [0.5, 0.6) is 0 Å². The zero-order chi connectivity index (χ0) is 17.9. The molecule has 6 nitrogen and oxygen atoms in total. The van der Waals surface area contributed by atoms with Gasteiger partial charge in [0.15, 0.2) is 5.82 Å². The number of aryl methyl sites for hydroxylation is 1. The van der Waals surface area contributed by atoms with Crippen LogP contribution in [0.3, 0.4) is 0 Å². The van der Waals surface area contributed by atoms with E-state index in [4.69, 9.17) is 9.26 Å². The van der Waals surface area contributed by atoms with Gasteiger partial charge in [-0.1, -0.05) is 29.4 Å². The molecule has 0 aliphatic carbocycles. The molecule has 2 aromatic heterocycles. The number of ether oxygens (including phenoxy) is 1. The van der Waals surface area contributed by atoms with E-state index in [1.807, 2.05) is 19.1 Å². The fourth-order valence-electron chi connectivity index (χ4n) is 3.24. The third kappa shape index (κ3) is 3.52. The van der Waals surface area contributed by atoms with E-state index in [0.717, 1.165) is 43.1 Å². The maximum atomic E-state index is 5.44. The first kappa shape index (κ1) is 16.9. The molecule has 134 valence electrons. The Morgan fingerprint density at radius 1 is 1.04 bits per heavy atom. The number of pyridine rings is 1. The first-order chi connectivity index (χ1) is 12.7. The molecule has 26 heavy (non-hydrogen) atoms. The first-order valence-corrected chi connectivity index (χ1v) is 8.89. The fraction of sp³-hybridized carbons (Fsp3) is 0.350. The summed E-state index contributed by atoms with van der Waals surface area (Å²) in [6.45, 7) is 7.65. The van der Waals surface area contributed by atoms with Crippen molar-refractivity contribution in [3.8, 4) is 22.7 Å². The van der Waals surface area contributed by atoms with Gasteiger partial charge in [0, 0.05) is 36.5 Å². The number of benzene rings is 1. The standard InChI is InChI=1S/C20H22N4O2/c1-14(24-9-11-25-12-10-24)16-3-5-17(6-4-16)19-13-18(7-8-21-19)20-22-15(2)23-26-20/h3-8,13-14H,9-12H2,1-2H3. The summed E-state index contributed by atoms with van der Waals surface area (Å²) in [5.74, 6) is 1.14. The van der Waals surface area contributed by atoms with Gasteiger partial charge in [-0.3, -0.25) is 9.88 Å². The Morgan fingerprint density at radius 3 is 2.50 bits per heavy atom. The van der Waals surface area contributed by atoms with Crippen molar-refractivity contribution in [1.29, 1.82) is 0 Å². The van der Waals surface area contributed by atoms with Gasteiger partial charge >= 0.3 is 0 Å². The van der Waals surface area contributed by atoms with Gasteiger partial charge in [-0.25, -0.2) is 0 Å². The van der Waals surface area contributed by atoms with Gasteiger partial charge in [0.25, 0.3) is 5.89 Å². The minimum atomic E-state index is 0.383. The summed E-state index contributed by atoms with van der Waals surface area (Å²) in [6, 6.07) is 12.9. The monoisotopic (exact) mass is 350 g/mol. The molecule has 3 heterocycles. The van der Waals surface area contributed by atoms with E-state index in [2.05, 4.69) is 51.2 Å². The Labute approximate surface area is 152 Å². The third-order valence-corrected chi connectivity index (χ3v) is 4.82. The van der Waals surface area contributed by atoms with E-state index < -0.39 is 0 Å². The highest BCUT2D eigenvalue weighted by molar-refractivity contribution is 5.66. The molecule has 0 radical (unpaired) electrons. The lowest BCUT2D eigenvalue weighted by Gasteiger charge is -2.32. The van der Waals surface area contributed by atoms with Gasteiger partial charge in [0.05, 0.1) is 18.9 Å². The van der Waals surface area contributed by atoms with Crippen molar-refractivity contribution in [2.45, 2.75) is 19.9 Å². The Kier molecular flexibility index (Phi) is 4.77. The molecule has 6 heteroatoms. The number of hydrogen-bond donors (Lipinski definition) is 0. The summed E-state index contributed by atoms with van der Waals surface area (Å²) < 4.78 is 10.7. The van der Waals surface area contributed by atoms with Crippen LogP contribution in [-0.2, 0) is 4.74 Å². The van der Waals surface area contributed by atoms with Gasteiger partial charge in [0.1, 0.15) is 0 Å². The second-order valence-corrected chi connectivity index (χ2v) is 6.52. The maximum Gasteiger partial charge on any atom is 0.258 e. The Balaban J connectivity index is 1.55. The second-order valence-electron chi connectivity index (χ2n) is 6.52.